The number of aliphatic imine (C=N–C) groups is 1. The molecule has 166 valence electrons. The van der Waals surface area contributed by atoms with Crippen LogP contribution in [-0.4, -0.2) is 11.3 Å². The minimum Gasteiger partial charge on any atom is -0.354 e. The van der Waals surface area contributed by atoms with E-state index in [0.717, 1.165) is 29.4 Å². The number of amidine groups is 1. The summed E-state index contributed by atoms with van der Waals surface area (Å²) in [5.41, 5.74) is 5.01. The van der Waals surface area contributed by atoms with Crippen molar-refractivity contribution in [3.63, 3.8) is 0 Å². The third kappa shape index (κ3) is 4.20. The van der Waals surface area contributed by atoms with Gasteiger partial charge in [-0.15, -0.1) is 0 Å². The van der Waals surface area contributed by atoms with Crippen LogP contribution in [0, 0.1) is 11.8 Å². The number of rotatable bonds is 5. The van der Waals surface area contributed by atoms with Gasteiger partial charge in [0.15, 0.2) is 5.50 Å². The van der Waals surface area contributed by atoms with Crippen molar-refractivity contribution in [2.45, 2.75) is 43.0 Å². The molecule has 1 aliphatic heterocycles. The number of anilines is 1. The van der Waals surface area contributed by atoms with E-state index in [0.29, 0.717) is 5.92 Å². The molecule has 6 rings (SSSR count). The van der Waals surface area contributed by atoms with Crippen molar-refractivity contribution in [2.75, 3.05) is 5.32 Å². The predicted octanol–water partition coefficient (Wildman–Crippen LogP) is 7.33. The summed E-state index contributed by atoms with van der Waals surface area (Å²) < 4.78 is 0. The fourth-order valence-electron chi connectivity index (χ4n) is 5.00. The fraction of sp³-hybridized carbons (Fsp3) is 0.276. The van der Waals surface area contributed by atoms with E-state index in [-0.39, 0.29) is 5.50 Å². The van der Waals surface area contributed by atoms with Gasteiger partial charge in [-0.3, -0.25) is 0 Å². The zero-order chi connectivity index (χ0) is 22.2. The van der Waals surface area contributed by atoms with Gasteiger partial charge in [-0.25, -0.2) is 4.99 Å². The van der Waals surface area contributed by atoms with Crippen LogP contribution in [0.15, 0.2) is 100 Å². The number of nitrogens with zero attached hydrogens (tertiary/aromatic N) is 1. The normalized spacial score (nSPS) is 22.0. The summed E-state index contributed by atoms with van der Waals surface area (Å²) in [5, 5.41) is 9.87. The lowest BCUT2D eigenvalue weighted by atomic mass is 9.85. The molecule has 2 atom stereocenters. The lowest BCUT2D eigenvalue weighted by Gasteiger charge is -2.28. The summed E-state index contributed by atoms with van der Waals surface area (Å²) in [5.74, 6) is 2.46. The third-order valence-corrected chi connectivity index (χ3v) is 7.97. The van der Waals surface area contributed by atoms with Crippen molar-refractivity contribution in [3.05, 3.63) is 95.7 Å². The Kier molecular flexibility index (Phi) is 5.47. The molecule has 0 saturated heterocycles. The molecule has 3 aromatic carbocycles. The van der Waals surface area contributed by atoms with Crippen LogP contribution in [0.1, 0.15) is 38.2 Å². The third-order valence-electron chi connectivity index (χ3n) is 6.92. The number of hydrogen-bond donors (Lipinski definition) is 2. The molecule has 2 aliphatic carbocycles. The van der Waals surface area contributed by atoms with E-state index in [9.17, 15) is 0 Å². The van der Waals surface area contributed by atoms with Gasteiger partial charge in [0.25, 0.3) is 0 Å². The van der Waals surface area contributed by atoms with Gasteiger partial charge >= 0.3 is 0 Å². The number of para-hydroxylation sites is 1. The van der Waals surface area contributed by atoms with E-state index in [4.69, 9.17) is 4.99 Å². The van der Waals surface area contributed by atoms with Gasteiger partial charge in [-0.1, -0.05) is 78.9 Å². The minimum atomic E-state index is -0.0901. The number of thioether (sulfide) groups is 1. The number of nitrogens with one attached hydrogen (secondary N) is 2. The molecule has 2 unspecified atom stereocenters. The molecular weight excluding hydrogens is 422 g/mol. The Balaban J connectivity index is 1.31. The summed E-state index contributed by atoms with van der Waals surface area (Å²) in [4.78, 5) is 6.37. The maximum absolute atomic E-state index is 5.13. The largest absolute Gasteiger partial charge is 0.354 e. The maximum atomic E-state index is 5.13. The Hall–Kier alpha value is -2.98. The molecule has 0 amide bonds. The first-order valence-corrected chi connectivity index (χ1v) is 12.9. The Bertz CT molecular complexity index is 1280. The molecule has 0 aromatic heterocycles. The van der Waals surface area contributed by atoms with E-state index in [1.165, 1.54) is 40.6 Å². The van der Waals surface area contributed by atoms with Gasteiger partial charge in [0.05, 0.1) is 0 Å². The average molecular weight is 452 g/mol. The zero-order valence-electron chi connectivity index (χ0n) is 18.9. The SMILES string of the molecule is CCC1CC=C(NC2=NC(Sc3cccc4ccccc34)Nc3ccccc32)C=C1C1CC1. The first-order valence-electron chi connectivity index (χ1n) is 12.1. The van der Waals surface area contributed by atoms with Crippen LogP contribution in [0.4, 0.5) is 5.69 Å². The van der Waals surface area contributed by atoms with Crippen molar-refractivity contribution >= 4 is 34.1 Å². The lowest BCUT2D eigenvalue weighted by molar-refractivity contribution is 0.557. The number of hydrogen-bond acceptors (Lipinski definition) is 4. The van der Waals surface area contributed by atoms with E-state index >= 15 is 0 Å². The highest BCUT2D eigenvalue weighted by Gasteiger charge is 2.32. The standard InChI is InChI=1S/C29H29N3S/c1-2-19-16-17-22(18-25(19)21-14-15-21)30-28-24-11-5-6-12-26(24)31-29(32-28)33-27-13-7-9-20-8-3-4-10-23(20)27/h3-13,17-19,21,29,31H,2,14-16H2,1H3,(H,30,32). The topological polar surface area (TPSA) is 36.4 Å². The number of fused-ring (bicyclic) bond motifs is 2. The molecule has 1 heterocycles. The summed E-state index contributed by atoms with van der Waals surface area (Å²) in [6.45, 7) is 2.31. The molecule has 3 aliphatic rings. The Morgan fingerprint density at radius 1 is 1.00 bits per heavy atom. The highest BCUT2D eigenvalue weighted by Crippen LogP contribution is 2.44. The van der Waals surface area contributed by atoms with E-state index < -0.39 is 0 Å². The highest BCUT2D eigenvalue weighted by atomic mass is 32.2. The van der Waals surface area contributed by atoms with Crippen molar-refractivity contribution in [1.29, 1.82) is 0 Å². The van der Waals surface area contributed by atoms with Gasteiger partial charge in [0, 0.05) is 21.8 Å². The molecule has 0 spiro atoms. The second-order valence-electron chi connectivity index (χ2n) is 9.16. The Morgan fingerprint density at radius 2 is 1.82 bits per heavy atom. The summed E-state index contributed by atoms with van der Waals surface area (Å²) in [7, 11) is 0. The summed E-state index contributed by atoms with van der Waals surface area (Å²) in [6.07, 6.45) is 9.83. The van der Waals surface area contributed by atoms with Crippen LogP contribution in [0.3, 0.4) is 0 Å². The van der Waals surface area contributed by atoms with Gasteiger partial charge < -0.3 is 10.6 Å². The maximum Gasteiger partial charge on any atom is 0.173 e. The van der Waals surface area contributed by atoms with Crippen LogP contribution in [0.5, 0.6) is 0 Å². The first-order chi connectivity index (χ1) is 16.3. The fourth-order valence-corrected chi connectivity index (χ4v) is 6.05. The first kappa shape index (κ1) is 20.6. The van der Waals surface area contributed by atoms with Crippen LogP contribution >= 0.6 is 11.8 Å². The monoisotopic (exact) mass is 451 g/mol. The second kappa shape index (κ2) is 8.75. The summed E-state index contributed by atoms with van der Waals surface area (Å²) in [6, 6.07) is 23.5. The number of benzene rings is 3. The Morgan fingerprint density at radius 3 is 2.70 bits per heavy atom. The lowest BCUT2D eigenvalue weighted by Crippen LogP contribution is -2.32. The zero-order valence-corrected chi connectivity index (χ0v) is 19.7. The van der Waals surface area contributed by atoms with Crippen LogP contribution in [-0.2, 0) is 0 Å². The summed E-state index contributed by atoms with van der Waals surface area (Å²) >= 11 is 1.77. The van der Waals surface area contributed by atoms with Gasteiger partial charge in [-0.2, -0.15) is 0 Å². The molecule has 4 heteroatoms. The van der Waals surface area contributed by atoms with Gasteiger partial charge in [0.1, 0.15) is 5.84 Å². The van der Waals surface area contributed by atoms with Crippen molar-refractivity contribution in [1.82, 2.24) is 5.32 Å². The minimum absolute atomic E-state index is 0.0901. The Labute approximate surface area is 200 Å². The molecule has 3 nitrogen and oxygen atoms in total. The molecule has 1 saturated carbocycles. The second-order valence-corrected chi connectivity index (χ2v) is 10.3. The van der Waals surface area contributed by atoms with Crippen LogP contribution in [0.25, 0.3) is 10.8 Å². The molecule has 0 bridgehead atoms. The van der Waals surface area contributed by atoms with E-state index in [1.807, 2.05) is 0 Å². The van der Waals surface area contributed by atoms with Gasteiger partial charge in [-0.05, 0) is 72.6 Å². The number of allylic oxidation sites excluding steroid dienone is 3. The molecule has 33 heavy (non-hydrogen) atoms. The smallest absolute Gasteiger partial charge is 0.173 e. The molecule has 1 fully saturated rings. The molecular formula is C29H29N3S. The van der Waals surface area contributed by atoms with E-state index in [1.54, 1.807) is 17.3 Å². The van der Waals surface area contributed by atoms with Crippen molar-refractivity contribution in [3.8, 4) is 0 Å². The van der Waals surface area contributed by atoms with Crippen LogP contribution in [0.2, 0.25) is 0 Å². The van der Waals surface area contributed by atoms with Gasteiger partial charge in [0.2, 0.25) is 0 Å². The quantitative estimate of drug-likeness (QED) is 0.426. The predicted molar refractivity (Wildman–Crippen MR) is 141 cm³/mol. The van der Waals surface area contributed by atoms with Crippen molar-refractivity contribution in [2.24, 2.45) is 16.8 Å². The van der Waals surface area contributed by atoms with Crippen LogP contribution < -0.4 is 10.6 Å². The molecule has 2 N–H and O–H groups in total. The van der Waals surface area contributed by atoms with Crippen molar-refractivity contribution < 1.29 is 0 Å². The molecule has 3 aromatic rings. The molecule has 0 radical (unpaired) electrons. The highest BCUT2D eigenvalue weighted by molar-refractivity contribution is 8.00. The van der Waals surface area contributed by atoms with E-state index in [2.05, 4.69) is 96.4 Å². The average Bonchev–Trinajstić information content (AvgIpc) is 3.70.